The fourth-order valence-electron chi connectivity index (χ4n) is 1.70. The highest BCUT2D eigenvalue weighted by atomic mass is 32.1. The first-order valence-corrected chi connectivity index (χ1v) is 6.56. The van der Waals surface area contributed by atoms with Crippen molar-refractivity contribution in [2.24, 2.45) is 0 Å². The Morgan fingerprint density at radius 1 is 1.53 bits per heavy atom. The predicted octanol–water partition coefficient (Wildman–Crippen LogP) is 2.13. The molecule has 19 heavy (non-hydrogen) atoms. The summed E-state index contributed by atoms with van der Waals surface area (Å²) in [6, 6.07) is 4.84. The van der Waals surface area contributed by atoms with E-state index in [0.717, 1.165) is 5.69 Å². The van der Waals surface area contributed by atoms with Crippen LogP contribution in [-0.4, -0.2) is 35.1 Å². The molecular weight excluding hydrogens is 264 g/mol. The third kappa shape index (κ3) is 2.85. The number of rotatable bonds is 4. The number of methoxy groups -OCH3 is 1. The lowest BCUT2D eigenvalue weighted by molar-refractivity contribution is 0.0780. The molecule has 0 radical (unpaired) electrons. The maximum Gasteiger partial charge on any atom is 0.257 e. The van der Waals surface area contributed by atoms with Crippen molar-refractivity contribution in [2.45, 2.75) is 6.54 Å². The molecule has 0 bridgehead atoms. The van der Waals surface area contributed by atoms with Gasteiger partial charge >= 0.3 is 0 Å². The van der Waals surface area contributed by atoms with Crippen LogP contribution in [-0.2, 0) is 6.54 Å². The molecule has 2 rings (SSSR count). The van der Waals surface area contributed by atoms with E-state index in [4.69, 9.17) is 4.74 Å². The fraction of sp³-hybridized carbons (Fsp3) is 0.231. The lowest BCUT2D eigenvalue weighted by Crippen LogP contribution is -2.26. The van der Waals surface area contributed by atoms with Gasteiger partial charge in [-0.05, 0) is 12.1 Å². The highest BCUT2D eigenvalue weighted by Crippen LogP contribution is 2.30. The minimum absolute atomic E-state index is 0.139. The number of carbonyl (C=O) groups is 1. The van der Waals surface area contributed by atoms with Gasteiger partial charge in [-0.3, -0.25) is 4.79 Å². The Hall–Kier alpha value is -2.08. The van der Waals surface area contributed by atoms with E-state index in [1.54, 1.807) is 30.8 Å². The van der Waals surface area contributed by atoms with E-state index < -0.39 is 0 Å². The molecule has 0 unspecified atom stereocenters. The summed E-state index contributed by atoms with van der Waals surface area (Å²) in [6.45, 7) is 0.402. The largest absolute Gasteiger partial charge is 0.504 e. The van der Waals surface area contributed by atoms with Gasteiger partial charge in [0.2, 0.25) is 0 Å². The van der Waals surface area contributed by atoms with E-state index >= 15 is 0 Å². The maximum atomic E-state index is 12.2. The Balaban J connectivity index is 2.19. The maximum absolute atomic E-state index is 12.2. The summed E-state index contributed by atoms with van der Waals surface area (Å²) in [5.41, 5.74) is 2.76. The lowest BCUT2D eigenvalue weighted by atomic mass is 10.1. The second kappa shape index (κ2) is 5.71. The van der Waals surface area contributed by atoms with Gasteiger partial charge in [0.25, 0.3) is 5.91 Å². The number of carbonyl (C=O) groups excluding carboxylic acids is 1. The molecule has 1 heterocycles. The molecular formula is C13H14N2O3S. The van der Waals surface area contributed by atoms with Crippen LogP contribution in [0.25, 0.3) is 0 Å². The number of aromatic hydroxyl groups is 1. The molecule has 100 valence electrons. The molecule has 0 saturated heterocycles. The molecule has 1 amide bonds. The molecule has 0 saturated carbocycles. The van der Waals surface area contributed by atoms with Gasteiger partial charge in [-0.15, -0.1) is 11.3 Å². The predicted molar refractivity (Wildman–Crippen MR) is 72.6 cm³/mol. The van der Waals surface area contributed by atoms with Gasteiger partial charge in [0, 0.05) is 12.4 Å². The first kappa shape index (κ1) is 13.4. The van der Waals surface area contributed by atoms with Gasteiger partial charge in [0.05, 0.1) is 30.4 Å². The molecule has 6 heteroatoms. The number of ether oxygens (including phenoxy) is 1. The SMILES string of the molecule is COc1cccc(C(=O)N(C)Cc2cscn2)c1O. The third-order valence-corrected chi connectivity index (χ3v) is 3.31. The normalized spacial score (nSPS) is 10.2. The second-order valence-electron chi connectivity index (χ2n) is 4.00. The Morgan fingerprint density at radius 3 is 2.95 bits per heavy atom. The first-order valence-electron chi connectivity index (χ1n) is 5.62. The van der Waals surface area contributed by atoms with Crippen LogP contribution < -0.4 is 4.74 Å². The molecule has 0 aliphatic carbocycles. The van der Waals surface area contributed by atoms with Crippen molar-refractivity contribution < 1.29 is 14.6 Å². The zero-order valence-corrected chi connectivity index (χ0v) is 11.5. The molecule has 0 atom stereocenters. The molecule has 0 fully saturated rings. The fourth-order valence-corrected chi connectivity index (χ4v) is 2.25. The van der Waals surface area contributed by atoms with E-state index in [2.05, 4.69) is 4.98 Å². The first-order chi connectivity index (χ1) is 9.13. The number of benzene rings is 1. The number of hydrogen-bond acceptors (Lipinski definition) is 5. The number of amides is 1. The van der Waals surface area contributed by atoms with Crippen molar-refractivity contribution in [3.05, 3.63) is 40.3 Å². The van der Waals surface area contributed by atoms with Crippen LogP contribution in [0.5, 0.6) is 11.5 Å². The van der Waals surface area contributed by atoms with E-state index in [1.165, 1.54) is 23.3 Å². The average Bonchev–Trinajstić information content (AvgIpc) is 2.91. The molecule has 2 aromatic rings. The molecule has 0 spiro atoms. The summed E-state index contributed by atoms with van der Waals surface area (Å²) >= 11 is 1.48. The van der Waals surface area contributed by atoms with Gasteiger partial charge in [-0.2, -0.15) is 0 Å². The van der Waals surface area contributed by atoms with Crippen LogP contribution in [0.15, 0.2) is 29.1 Å². The zero-order valence-electron chi connectivity index (χ0n) is 10.7. The van der Waals surface area contributed by atoms with Crippen LogP contribution in [0.3, 0.4) is 0 Å². The van der Waals surface area contributed by atoms with Gasteiger partial charge < -0.3 is 14.7 Å². The second-order valence-corrected chi connectivity index (χ2v) is 4.72. The van der Waals surface area contributed by atoms with Crippen molar-refractivity contribution in [3.63, 3.8) is 0 Å². The summed E-state index contributed by atoms with van der Waals surface area (Å²) in [7, 11) is 3.11. The smallest absolute Gasteiger partial charge is 0.257 e. The van der Waals surface area contributed by atoms with E-state index in [1.807, 2.05) is 5.38 Å². The van der Waals surface area contributed by atoms with Crippen LogP contribution >= 0.6 is 11.3 Å². The summed E-state index contributed by atoms with van der Waals surface area (Å²) < 4.78 is 4.99. The molecule has 1 aromatic carbocycles. The summed E-state index contributed by atoms with van der Waals surface area (Å²) in [4.78, 5) is 17.9. The Morgan fingerprint density at radius 2 is 2.32 bits per heavy atom. The van der Waals surface area contributed by atoms with Crippen LogP contribution in [0.1, 0.15) is 16.1 Å². The number of aromatic nitrogens is 1. The quantitative estimate of drug-likeness (QED) is 0.930. The van der Waals surface area contributed by atoms with E-state index in [-0.39, 0.29) is 23.0 Å². The third-order valence-electron chi connectivity index (χ3n) is 2.68. The van der Waals surface area contributed by atoms with Crippen LogP contribution in [0.2, 0.25) is 0 Å². The van der Waals surface area contributed by atoms with Gasteiger partial charge in [0.1, 0.15) is 0 Å². The molecule has 1 N–H and O–H groups in total. The molecule has 0 aliphatic heterocycles. The van der Waals surface area contributed by atoms with Crippen LogP contribution in [0.4, 0.5) is 0 Å². The standard InChI is InChI=1S/C13H14N2O3S/c1-15(6-9-7-19-8-14-9)13(17)10-4-3-5-11(18-2)12(10)16/h3-5,7-8,16H,6H2,1-2H3. The van der Waals surface area contributed by atoms with E-state index in [9.17, 15) is 9.90 Å². The van der Waals surface area contributed by atoms with Crippen molar-refractivity contribution in [1.29, 1.82) is 0 Å². The van der Waals surface area contributed by atoms with Gasteiger partial charge in [0.15, 0.2) is 11.5 Å². The Kier molecular flexibility index (Phi) is 4.01. The number of phenolic OH excluding ortho intramolecular Hbond substituents is 1. The lowest BCUT2D eigenvalue weighted by Gasteiger charge is -2.17. The molecule has 1 aromatic heterocycles. The highest BCUT2D eigenvalue weighted by Gasteiger charge is 2.18. The number of phenols is 1. The monoisotopic (exact) mass is 278 g/mol. The van der Waals surface area contributed by atoms with Crippen molar-refractivity contribution in [3.8, 4) is 11.5 Å². The van der Waals surface area contributed by atoms with Crippen molar-refractivity contribution in [1.82, 2.24) is 9.88 Å². The number of nitrogens with zero attached hydrogens (tertiary/aromatic N) is 2. The Bertz CT molecular complexity index is 569. The highest BCUT2D eigenvalue weighted by molar-refractivity contribution is 7.07. The average molecular weight is 278 g/mol. The minimum atomic E-state index is -0.274. The Labute approximate surface area is 115 Å². The zero-order chi connectivity index (χ0) is 13.8. The minimum Gasteiger partial charge on any atom is -0.504 e. The van der Waals surface area contributed by atoms with Crippen molar-refractivity contribution >= 4 is 17.2 Å². The summed E-state index contributed by atoms with van der Waals surface area (Å²) in [5.74, 6) is -0.127. The molecule has 0 aliphatic rings. The van der Waals surface area contributed by atoms with Crippen molar-refractivity contribution in [2.75, 3.05) is 14.2 Å². The summed E-state index contributed by atoms with van der Waals surface area (Å²) in [5, 5.41) is 11.8. The summed E-state index contributed by atoms with van der Waals surface area (Å²) in [6.07, 6.45) is 0. The molecule has 5 nitrogen and oxygen atoms in total. The number of thiazole rings is 1. The van der Waals surface area contributed by atoms with E-state index in [0.29, 0.717) is 6.54 Å². The van der Waals surface area contributed by atoms with Gasteiger partial charge in [-0.1, -0.05) is 6.07 Å². The topological polar surface area (TPSA) is 62.7 Å². The number of hydrogen-bond donors (Lipinski definition) is 1. The van der Waals surface area contributed by atoms with Crippen LogP contribution in [0, 0.1) is 0 Å². The van der Waals surface area contributed by atoms with Gasteiger partial charge in [-0.25, -0.2) is 4.98 Å². The number of para-hydroxylation sites is 1.